The van der Waals surface area contributed by atoms with Crippen molar-refractivity contribution >= 4 is 33.2 Å². The van der Waals surface area contributed by atoms with E-state index < -0.39 is 10.0 Å². The number of halogens is 1. The summed E-state index contributed by atoms with van der Waals surface area (Å²) >= 11 is 6.14. The van der Waals surface area contributed by atoms with Crippen molar-refractivity contribution in [1.29, 1.82) is 0 Å². The van der Waals surface area contributed by atoms with Crippen molar-refractivity contribution in [3.8, 4) is 0 Å². The maximum Gasteiger partial charge on any atom is 0.264 e. The van der Waals surface area contributed by atoms with Gasteiger partial charge in [0.2, 0.25) is 0 Å². The van der Waals surface area contributed by atoms with Crippen LogP contribution in [0.4, 0.5) is 5.69 Å². The molecule has 136 valence electrons. The highest BCUT2D eigenvalue weighted by molar-refractivity contribution is 7.92. The largest absolute Gasteiger partial charge is 0.349 e. The summed E-state index contributed by atoms with van der Waals surface area (Å²) in [7, 11) is -3.77. The molecular weight excluding hydrogens is 372 g/mol. The minimum Gasteiger partial charge on any atom is -0.349 e. The summed E-state index contributed by atoms with van der Waals surface area (Å²) in [5.74, 6) is -0.325. The molecule has 0 saturated heterocycles. The number of carbonyl (C=O) groups is 1. The summed E-state index contributed by atoms with van der Waals surface area (Å²) in [6.07, 6.45) is 3.52. The Bertz CT molecular complexity index is 970. The fourth-order valence-corrected chi connectivity index (χ4v) is 4.98. The molecule has 4 rings (SSSR count). The van der Waals surface area contributed by atoms with Gasteiger partial charge in [-0.05, 0) is 55.5 Å². The van der Waals surface area contributed by atoms with Gasteiger partial charge in [-0.2, -0.15) is 0 Å². The molecule has 2 aromatic rings. The van der Waals surface area contributed by atoms with Crippen molar-refractivity contribution in [2.45, 2.75) is 36.6 Å². The van der Waals surface area contributed by atoms with Crippen LogP contribution in [0.2, 0.25) is 5.02 Å². The second-order valence-electron chi connectivity index (χ2n) is 6.70. The molecule has 2 aromatic carbocycles. The second-order valence-corrected chi connectivity index (χ2v) is 8.97. The molecule has 26 heavy (non-hydrogen) atoms. The van der Waals surface area contributed by atoms with Crippen LogP contribution < -0.4 is 9.62 Å². The average Bonchev–Trinajstić information content (AvgIpc) is 3.45. The molecule has 0 bridgehead atoms. The van der Waals surface area contributed by atoms with Gasteiger partial charge >= 0.3 is 0 Å². The molecule has 0 spiro atoms. The number of benzene rings is 2. The number of sulfonamides is 1. The van der Waals surface area contributed by atoms with E-state index in [9.17, 15) is 13.2 Å². The average molecular weight is 391 g/mol. The SMILES string of the molecule is O=C(NC1CC1)c1cc(S(=O)(=O)N2CCCc3ccccc32)ccc1Cl. The number of hydrogen-bond donors (Lipinski definition) is 1. The van der Waals surface area contributed by atoms with Crippen LogP contribution >= 0.6 is 11.6 Å². The predicted molar refractivity (Wildman–Crippen MR) is 101 cm³/mol. The van der Waals surface area contributed by atoms with Crippen LogP contribution in [0.1, 0.15) is 35.2 Å². The van der Waals surface area contributed by atoms with E-state index in [2.05, 4.69) is 5.32 Å². The van der Waals surface area contributed by atoms with E-state index in [1.54, 1.807) is 0 Å². The van der Waals surface area contributed by atoms with E-state index in [1.807, 2.05) is 24.3 Å². The van der Waals surface area contributed by atoms with Gasteiger partial charge in [0.15, 0.2) is 0 Å². The number of amides is 1. The maximum absolute atomic E-state index is 13.2. The van der Waals surface area contributed by atoms with E-state index in [0.717, 1.165) is 31.2 Å². The van der Waals surface area contributed by atoms with Gasteiger partial charge in [-0.3, -0.25) is 9.10 Å². The number of hydrogen-bond acceptors (Lipinski definition) is 3. The highest BCUT2D eigenvalue weighted by Gasteiger charge is 2.30. The lowest BCUT2D eigenvalue weighted by Crippen LogP contribution is -2.35. The van der Waals surface area contributed by atoms with Crippen LogP contribution in [-0.2, 0) is 16.4 Å². The van der Waals surface area contributed by atoms with E-state index in [-0.39, 0.29) is 27.4 Å². The van der Waals surface area contributed by atoms with Crippen LogP contribution in [0.25, 0.3) is 0 Å². The van der Waals surface area contributed by atoms with Crippen molar-refractivity contribution in [1.82, 2.24) is 5.32 Å². The normalized spacial score (nSPS) is 16.9. The number of para-hydroxylation sites is 1. The van der Waals surface area contributed by atoms with Gasteiger partial charge in [-0.25, -0.2) is 8.42 Å². The Balaban J connectivity index is 1.71. The molecule has 1 aliphatic heterocycles. The molecule has 1 aliphatic carbocycles. The Morgan fingerprint density at radius 2 is 1.92 bits per heavy atom. The van der Waals surface area contributed by atoms with Gasteiger partial charge in [0.05, 0.1) is 21.2 Å². The lowest BCUT2D eigenvalue weighted by atomic mass is 10.0. The quantitative estimate of drug-likeness (QED) is 0.870. The molecule has 1 amide bonds. The van der Waals surface area contributed by atoms with Gasteiger partial charge in [0.1, 0.15) is 0 Å². The molecule has 0 unspecified atom stereocenters. The third-order valence-electron chi connectivity index (χ3n) is 4.75. The first-order chi connectivity index (χ1) is 12.5. The molecule has 1 heterocycles. The summed E-state index contributed by atoms with van der Waals surface area (Å²) in [4.78, 5) is 12.4. The van der Waals surface area contributed by atoms with E-state index in [1.165, 1.54) is 22.5 Å². The Morgan fingerprint density at radius 1 is 1.15 bits per heavy atom. The number of nitrogens with one attached hydrogen (secondary N) is 1. The summed E-state index contributed by atoms with van der Waals surface area (Å²) in [6, 6.07) is 12.0. The van der Waals surface area contributed by atoms with Crippen LogP contribution in [0.15, 0.2) is 47.4 Å². The molecule has 0 aromatic heterocycles. The first kappa shape index (κ1) is 17.4. The third kappa shape index (κ3) is 3.19. The predicted octanol–water partition coefficient (Wildman–Crippen LogP) is 3.37. The lowest BCUT2D eigenvalue weighted by molar-refractivity contribution is 0.0951. The zero-order valence-electron chi connectivity index (χ0n) is 14.1. The number of rotatable bonds is 4. The van der Waals surface area contributed by atoms with Crippen LogP contribution in [0, 0.1) is 0 Å². The van der Waals surface area contributed by atoms with Crippen molar-refractivity contribution in [2.24, 2.45) is 0 Å². The Labute approximate surface area is 158 Å². The smallest absolute Gasteiger partial charge is 0.264 e. The summed E-state index contributed by atoms with van der Waals surface area (Å²) in [5.41, 5.74) is 1.92. The van der Waals surface area contributed by atoms with E-state index in [4.69, 9.17) is 11.6 Å². The standard InChI is InChI=1S/C19H19ClN2O3S/c20-17-10-9-15(12-16(17)19(23)21-14-7-8-14)26(24,25)22-11-3-5-13-4-1-2-6-18(13)22/h1-2,4,6,9-10,12,14H,3,5,7-8,11H2,(H,21,23). The minimum atomic E-state index is -3.77. The Morgan fingerprint density at radius 3 is 2.69 bits per heavy atom. The van der Waals surface area contributed by atoms with Crippen molar-refractivity contribution in [3.05, 3.63) is 58.6 Å². The zero-order valence-corrected chi connectivity index (χ0v) is 15.7. The first-order valence-corrected chi connectivity index (χ1v) is 10.5. The van der Waals surface area contributed by atoms with Crippen molar-refractivity contribution in [2.75, 3.05) is 10.8 Å². The molecular formula is C19H19ClN2O3S. The molecule has 0 atom stereocenters. The minimum absolute atomic E-state index is 0.0829. The molecule has 1 fully saturated rings. The third-order valence-corrected chi connectivity index (χ3v) is 6.89. The molecule has 2 aliphatic rings. The van der Waals surface area contributed by atoms with Crippen LogP contribution in [-0.4, -0.2) is 26.9 Å². The van der Waals surface area contributed by atoms with E-state index >= 15 is 0 Å². The number of aryl methyl sites for hydroxylation is 1. The lowest BCUT2D eigenvalue weighted by Gasteiger charge is -2.30. The molecule has 5 nitrogen and oxygen atoms in total. The zero-order chi connectivity index (χ0) is 18.3. The monoisotopic (exact) mass is 390 g/mol. The van der Waals surface area contributed by atoms with E-state index in [0.29, 0.717) is 12.2 Å². The van der Waals surface area contributed by atoms with Gasteiger partial charge in [-0.15, -0.1) is 0 Å². The fourth-order valence-electron chi connectivity index (χ4n) is 3.21. The highest BCUT2D eigenvalue weighted by atomic mass is 35.5. The summed E-state index contributed by atoms with van der Waals surface area (Å²) in [5, 5.41) is 3.10. The highest BCUT2D eigenvalue weighted by Crippen LogP contribution is 2.33. The van der Waals surface area contributed by atoms with Crippen molar-refractivity contribution in [3.63, 3.8) is 0 Å². The molecule has 7 heteroatoms. The molecule has 1 saturated carbocycles. The Hall–Kier alpha value is -2.05. The van der Waals surface area contributed by atoms with Crippen molar-refractivity contribution < 1.29 is 13.2 Å². The van der Waals surface area contributed by atoms with Gasteiger partial charge in [0.25, 0.3) is 15.9 Å². The maximum atomic E-state index is 13.2. The van der Waals surface area contributed by atoms with Gasteiger partial charge in [0, 0.05) is 12.6 Å². The van der Waals surface area contributed by atoms with Crippen LogP contribution in [0.3, 0.4) is 0 Å². The molecule has 0 radical (unpaired) electrons. The van der Waals surface area contributed by atoms with Gasteiger partial charge < -0.3 is 5.32 Å². The Kier molecular flexibility index (Phi) is 4.40. The second kappa shape index (κ2) is 6.59. The topological polar surface area (TPSA) is 66.5 Å². The summed E-state index contributed by atoms with van der Waals surface area (Å²) < 4.78 is 27.9. The molecule has 1 N–H and O–H groups in total. The number of anilines is 1. The first-order valence-electron chi connectivity index (χ1n) is 8.68. The number of fused-ring (bicyclic) bond motifs is 1. The van der Waals surface area contributed by atoms with Crippen LogP contribution in [0.5, 0.6) is 0 Å². The fraction of sp³-hybridized carbons (Fsp3) is 0.316. The number of carbonyl (C=O) groups excluding carboxylic acids is 1. The van der Waals surface area contributed by atoms with Gasteiger partial charge in [-0.1, -0.05) is 29.8 Å². The number of nitrogens with zero attached hydrogens (tertiary/aromatic N) is 1. The summed E-state index contributed by atoms with van der Waals surface area (Å²) in [6.45, 7) is 0.422.